The Morgan fingerprint density at radius 3 is 2.75 bits per heavy atom. The second-order valence-electron chi connectivity index (χ2n) is 7.65. The lowest BCUT2D eigenvalue weighted by Crippen LogP contribution is -2.44. The number of nitrogens with one attached hydrogen (secondary N) is 1. The van der Waals surface area contributed by atoms with Crippen molar-refractivity contribution in [3.05, 3.63) is 59.2 Å². The number of primary amides is 1. The van der Waals surface area contributed by atoms with E-state index in [1.165, 1.54) is 0 Å². The fraction of sp³-hybridized carbons (Fsp3) is 0.364. The number of hydrogen-bond donors (Lipinski definition) is 2. The van der Waals surface area contributed by atoms with Gasteiger partial charge in [-0.3, -0.25) is 9.59 Å². The van der Waals surface area contributed by atoms with Crippen LogP contribution in [0.15, 0.2) is 42.5 Å². The molecule has 2 heterocycles. The zero-order valence-electron chi connectivity index (χ0n) is 15.9. The Hall–Kier alpha value is -2.86. The third-order valence-corrected chi connectivity index (χ3v) is 5.87. The van der Waals surface area contributed by atoms with Gasteiger partial charge in [-0.15, -0.1) is 0 Å². The number of ether oxygens (including phenoxy) is 1. The molecular weight excluding hydrogens is 354 g/mol. The highest BCUT2D eigenvalue weighted by Crippen LogP contribution is 2.44. The maximum absolute atomic E-state index is 12.4. The Morgan fingerprint density at radius 1 is 1.25 bits per heavy atom. The summed E-state index contributed by atoms with van der Waals surface area (Å²) in [6, 6.07) is 13.6. The number of rotatable bonds is 4. The molecule has 28 heavy (non-hydrogen) atoms. The van der Waals surface area contributed by atoms with Crippen LogP contribution in [-0.4, -0.2) is 38.5 Å². The summed E-state index contributed by atoms with van der Waals surface area (Å²) < 4.78 is 5.45. The maximum Gasteiger partial charge on any atom is 0.233 e. The molecule has 2 aromatic carbocycles. The first-order valence-corrected chi connectivity index (χ1v) is 9.53. The van der Waals surface area contributed by atoms with Crippen LogP contribution in [-0.2, 0) is 19.7 Å². The molecule has 0 aromatic heterocycles. The highest BCUT2D eigenvalue weighted by Gasteiger charge is 2.42. The average molecular weight is 378 g/mol. The van der Waals surface area contributed by atoms with Crippen molar-refractivity contribution in [2.75, 3.05) is 36.5 Å². The number of carbonyl (C=O) groups is 1. The van der Waals surface area contributed by atoms with Crippen LogP contribution in [0, 0.1) is 0 Å². The van der Waals surface area contributed by atoms with Gasteiger partial charge in [0.15, 0.2) is 0 Å². The molecule has 1 radical (unpaired) electrons. The van der Waals surface area contributed by atoms with E-state index in [4.69, 9.17) is 10.5 Å². The zero-order valence-corrected chi connectivity index (χ0v) is 15.9. The van der Waals surface area contributed by atoms with E-state index in [1.807, 2.05) is 25.3 Å². The number of fused-ring (bicyclic) bond motifs is 1. The van der Waals surface area contributed by atoms with Gasteiger partial charge in [0.25, 0.3) is 0 Å². The lowest BCUT2D eigenvalue weighted by atomic mass is 9.71. The summed E-state index contributed by atoms with van der Waals surface area (Å²) in [4.78, 5) is 25.8. The molecule has 2 aromatic rings. The number of morpholine rings is 1. The van der Waals surface area contributed by atoms with Gasteiger partial charge in [-0.25, -0.2) is 0 Å². The van der Waals surface area contributed by atoms with E-state index in [1.54, 1.807) is 12.1 Å². The molecule has 2 aliphatic rings. The molecule has 0 aliphatic carbocycles. The van der Waals surface area contributed by atoms with Crippen molar-refractivity contribution in [2.45, 2.75) is 24.8 Å². The first kappa shape index (κ1) is 18.5. The van der Waals surface area contributed by atoms with E-state index in [-0.39, 0.29) is 6.04 Å². The van der Waals surface area contributed by atoms with E-state index in [9.17, 15) is 9.59 Å². The quantitative estimate of drug-likeness (QED) is 0.853. The van der Waals surface area contributed by atoms with Crippen molar-refractivity contribution < 1.29 is 14.3 Å². The lowest BCUT2D eigenvalue weighted by Gasteiger charge is -2.39. The molecule has 0 spiro atoms. The largest absolute Gasteiger partial charge is 0.378 e. The number of hydrogen-bond acceptors (Lipinski definition) is 5. The van der Waals surface area contributed by atoms with Crippen LogP contribution in [0.2, 0.25) is 0 Å². The SMILES string of the molecule is CC1(C(N)=O)CC(c2cccc(N3CCOCC3)c2)Nc2ccc([C]=O)cc21. The fourth-order valence-corrected chi connectivity index (χ4v) is 4.14. The zero-order chi connectivity index (χ0) is 19.7. The average Bonchev–Trinajstić information content (AvgIpc) is 2.74. The van der Waals surface area contributed by atoms with Crippen LogP contribution in [0.5, 0.6) is 0 Å². The fourth-order valence-electron chi connectivity index (χ4n) is 4.14. The molecular formula is C22H24N3O3. The topological polar surface area (TPSA) is 84.7 Å². The lowest BCUT2D eigenvalue weighted by molar-refractivity contribution is -0.123. The molecule has 1 fully saturated rings. The molecule has 0 bridgehead atoms. The molecule has 1 amide bonds. The first-order chi connectivity index (χ1) is 13.5. The predicted octanol–water partition coefficient (Wildman–Crippen LogP) is 2.28. The molecule has 1 saturated heterocycles. The number of nitrogens with zero attached hydrogens (tertiary/aromatic N) is 1. The van der Waals surface area contributed by atoms with Gasteiger partial charge >= 0.3 is 0 Å². The van der Waals surface area contributed by atoms with E-state index in [2.05, 4.69) is 28.4 Å². The van der Waals surface area contributed by atoms with E-state index in [0.717, 1.165) is 48.8 Å². The van der Waals surface area contributed by atoms with Crippen LogP contribution in [0.3, 0.4) is 0 Å². The predicted molar refractivity (Wildman–Crippen MR) is 108 cm³/mol. The molecule has 2 atom stereocenters. The Balaban J connectivity index is 1.70. The minimum Gasteiger partial charge on any atom is -0.378 e. The van der Waals surface area contributed by atoms with E-state index < -0.39 is 11.3 Å². The number of anilines is 2. The number of nitrogens with two attached hydrogens (primary N) is 1. The minimum absolute atomic E-state index is 0.0583. The molecule has 6 heteroatoms. The van der Waals surface area contributed by atoms with E-state index >= 15 is 0 Å². The monoisotopic (exact) mass is 378 g/mol. The van der Waals surface area contributed by atoms with Gasteiger partial charge < -0.3 is 20.7 Å². The Labute approximate surface area is 164 Å². The summed E-state index contributed by atoms with van der Waals surface area (Å²) in [5, 5.41) is 3.52. The normalized spacial score (nSPS) is 24.2. The van der Waals surface area contributed by atoms with Crippen LogP contribution in [0.1, 0.15) is 36.1 Å². The van der Waals surface area contributed by atoms with Crippen molar-refractivity contribution in [3.8, 4) is 0 Å². The highest BCUT2D eigenvalue weighted by atomic mass is 16.5. The second-order valence-corrected chi connectivity index (χ2v) is 7.65. The molecule has 2 unspecified atom stereocenters. The van der Waals surface area contributed by atoms with Crippen molar-refractivity contribution in [2.24, 2.45) is 5.73 Å². The molecule has 6 nitrogen and oxygen atoms in total. The Morgan fingerprint density at radius 2 is 2.04 bits per heavy atom. The number of carbonyl (C=O) groups excluding carboxylic acids is 2. The summed E-state index contributed by atoms with van der Waals surface area (Å²) in [5.74, 6) is -0.396. The van der Waals surface area contributed by atoms with Gasteiger partial charge in [0.2, 0.25) is 12.2 Å². The van der Waals surface area contributed by atoms with Crippen molar-refractivity contribution in [1.82, 2.24) is 0 Å². The molecule has 0 saturated carbocycles. The Kier molecular flexibility index (Phi) is 4.81. The van der Waals surface area contributed by atoms with Crippen molar-refractivity contribution in [1.29, 1.82) is 0 Å². The van der Waals surface area contributed by atoms with Gasteiger partial charge in [0.1, 0.15) is 0 Å². The van der Waals surface area contributed by atoms with Gasteiger partial charge in [0, 0.05) is 30.0 Å². The summed E-state index contributed by atoms with van der Waals surface area (Å²) >= 11 is 0. The number of benzene rings is 2. The Bertz CT molecular complexity index is 908. The summed E-state index contributed by atoms with van der Waals surface area (Å²) in [7, 11) is 0. The van der Waals surface area contributed by atoms with Crippen LogP contribution >= 0.6 is 0 Å². The van der Waals surface area contributed by atoms with E-state index in [0.29, 0.717) is 12.0 Å². The number of amides is 1. The molecule has 4 rings (SSSR count). The standard InChI is InChI=1S/C22H24N3O3/c1-22(21(23)27)13-20(24-19-6-5-15(14-26)11-18(19)22)16-3-2-4-17(12-16)25-7-9-28-10-8-25/h2-6,11-12,20,24H,7-10,13H2,1H3,(H2,23,27). The van der Waals surface area contributed by atoms with Gasteiger partial charge in [-0.1, -0.05) is 12.1 Å². The summed E-state index contributed by atoms with van der Waals surface area (Å²) in [6.07, 6.45) is 2.41. The molecule has 2 aliphatic heterocycles. The van der Waals surface area contributed by atoms with Gasteiger partial charge in [-0.05, 0) is 54.8 Å². The van der Waals surface area contributed by atoms with Crippen LogP contribution in [0.4, 0.5) is 11.4 Å². The van der Waals surface area contributed by atoms with Gasteiger partial charge in [-0.2, -0.15) is 0 Å². The first-order valence-electron chi connectivity index (χ1n) is 9.53. The third-order valence-electron chi connectivity index (χ3n) is 5.87. The smallest absolute Gasteiger partial charge is 0.233 e. The molecule has 145 valence electrons. The minimum atomic E-state index is -0.868. The highest BCUT2D eigenvalue weighted by molar-refractivity contribution is 5.90. The maximum atomic E-state index is 12.4. The summed E-state index contributed by atoms with van der Waals surface area (Å²) in [5.41, 5.74) is 9.19. The van der Waals surface area contributed by atoms with Crippen LogP contribution in [0.25, 0.3) is 0 Å². The van der Waals surface area contributed by atoms with Gasteiger partial charge in [0.05, 0.1) is 24.7 Å². The van der Waals surface area contributed by atoms with Crippen LogP contribution < -0.4 is 16.0 Å². The van der Waals surface area contributed by atoms with Crippen molar-refractivity contribution in [3.63, 3.8) is 0 Å². The van der Waals surface area contributed by atoms with Crippen molar-refractivity contribution >= 4 is 23.6 Å². The second kappa shape index (κ2) is 7.28. The molecule has 3 N–H and O–H groups in total. The third kappa shape index (κ3) is 3.24. The summed E-state index contributed by atoms with van der Waals surface area (Å²) in [6.45, 7) is 5.05.